The first kappa shape index (κ1) is 13.2. The topological polar surface area (TPSA) is 12.9 Å². The molecule has 0 spiro atoms. The Bertz CT molecular complexity index is 276. The van der Waals surface area contributed by atoms with E-state index in [1.54, 1.807) is 0 Å². The summed E-state index contributed by atoms with van der Waals surface area (Å²) in [5.41, 5.74) is 2.59. The van der Waals surface area contributed by atoms with E-state index in [1.165, 1.54) is 43.4 Å². The van der Waals surface area contributed by atoms with Crippen LogP contribution in [0, 0.1) is 0 Å². The SMILES string of the molecule is CCCCCCC(C)c1ccc(CC)nc1. The molecule has 0 aliphatic carbocycles. The van der Waals surface area contributed by atoms with Gasteiger partial charge in [-0.05, 0) is 30.4 Å². The van der Waals surface area contributed by atoms with Crippen LogP contribution in [0.25, 0.3) is 0 Å². The minimum Gasteiger partial charge on any atom is -0.261 e. The minimum absolute atomic E-state index is 0.662. The molecule has 0 aliphatic rings. The molecule has 0 aliphatic heterocycles. The van der Waals surface area contributed by atoms with Crippen LogP contribution in [0.4, 0.5) is 0 Å². The molecule has 0 saturated heterocycles. The molecule has 1 heterocycles. The molecule has 1 unspecified atom stereocenters. The molecule has 0 bridgehead atoms. The lowest BCUT2D eigenvalue weighted by atomic mass is 9.96. The number of aryl methyl sites for hydroxylation is 1. The van der Waals surface area contributed by atoms with Crippen molar-refractivity contribution in [3.8, 4) is 0 Å². The summed E-state index contributed by atoms with van der Waals surface area (Å²) in [7, 11) is 0. The van der Waals surface area contributed by atoms with Crippen molar-refractivity contribution in [3.05, 3.63) is 29.6 Å². The fraction of sp³-hybridized carbons (Fsp3) is 0.667. The first-order valence-electron chi connectivity index (χ1n) is 6.72. The van der Waals surface area contributed by atoms with Crippen molar-refractivity contribution in [2.24, 2.45) is 0 Å². The van der Waals surface area contributed by atoms with Crippen LogP contribution in [0.3, 0.4) is 0 Å². The third kappa shape index (κ3) is 4.34. The van der Waals surface area contributed by atoms with Gasteiger partial charge in [0.25, 0.3) is 0 Å². The van der Waals surface area contributed by atoms with E-state index in [2.05, 4.69) is 44.1 Å². The second-order valence-electron chi connectivity index (χ2n) is 4.69. The predicted molar refractivity (Wildman–Crippen MR) is 70.8 cm³/mol. The lowest BCUT2D eigenvalue weighted by Gasteiger charge is -2.11. The van der Waals surface area contributed by atoms with E-state index in [9.17, 15) is 0 Å². The van der Waals surface area contributed by atoms with E-state index in [4.69, 9.17) is 0 Å². The lowest BCUT2D eigenvalue weighted by molar-refractivity contribution is 0.579. The smallest absolute Gasteiger partial charge is 0.0401 e. The summed E-state index contributed by atoms with van der Waals surface area (Å²) in [6.07, 6.45) is 9.81. The van der Waals surface area contributed by atoms with Crippen LogP contribution in [0.15, 0.2) is 18.3 Å². The van der Waals surface area contributed by atoms with Crippen molar-refractivity contribution in [1.29, 1.82) is 0 Å². The van der Waals surface area contributed by atoms with Gasteiger partial charge in [-0.1, -0.05) is 52.5 Å². The highest BCUT2D eigenvalue weighted by molar-refractivity contribution is 5.17. The molecule has 0 radical (unpaired) electrons. The molecule has 1 rings (SSSR count). The molecule has 0 aromatic carbocycles. The molecule has 1 heteroatoms. The fourth-order valence-corrected chi connectivity index (χ4v) is 1.98. The molecule has 1 nitrogen and oxygen atoms in total. The van der Waals surface area contributed by atoms with Crippen LogP contribution in [0.2, 0.25) is 0 Å². The second kappa shape index (κ2) is 7.43. The highest BCUT2D eigenvalue weighted by Crippen LogP contribution is 2.21. The molecule has 0 fully saturated rings. The van der Waals surface area contributed by atoms with Crippen LogP contribution in [-0.2, 0) is 6.42 Å². The number of hydrogen-bond donors (Lipinski definition) is 0. The van der Waals surface area contributed by atoms with E-state index in [-0.39, 0.29) is 0 Å². The Morgan fingerprint density at radius 3 is 2.50 bits per heavy atom. The molecule has 0 saturated carbocycles. The molecule has 1 aromatic heterocycles. The molecule has 1 aromatic rings. The Balaban J connectivity index is 2.37. The fourth-order valence-electron chi connectivity index (χ4n) is 1.98. The number of pyridine rings is 1. The maximum atomic E-state index is 4.46. The van der Waals surface area contributed by atoms with Crippen LogP contribution in [0.1, 0.15) is 70.1 Å². The lowest BCUT2D eigenvalue weighted by Crippen LogP contribution is -1.96. The molecule has 16 heavy (non-hydrogen) atoms. The van der Waals surface area contributed by atoms with Crippen molar-refractivity contribution >= 4 is 0 Å². The van der Waals surface area contributed by atoms with Gasteiger partial charge in [-0.3, -0.25) is 4.98 Å². The van der Waals surface area contributed by atoms with E-state index in [1.807, 2.05) is 0 Å². The third-order valence-corrected chi connectivity index (χ3v) is 3.27. The Morgan fingerprint density at radius 2 is 1.94 bits per heavy atom. The quantitative estimate of drug-likeness (QED) is 0.605. The first-order valence-corrected chi connectivity index (χ1v) is 6.72. The molecule has 1 atom stereocenters. The highest BCUT2D eigenvalue weighted by atomic mass is 14.7. The van der Waals surface area contributed by atoms with Crippen LogP contribution < -0.4 is 0 Å². The number of nitrogens with zero attached hydrogens (tertiary/aromatic N) is 1. The molecular formula is C15H25N. The van der Waals surface area contributed by atoms with Gasteiger partial charge >= 0.3 is 0 Å². The highest BCUT2D eigenvalue weighted by Gasteiger charge is 2.05. The normalized spacial score (nSPS) is 12.7. The van der Waals surface area contributed by atoms with Gasteiger partial charge in [-0.2, -0.15) is 0 Å². The van der Waals surface area contributed by atoms with Gasteiger partial charge in [0, 0.05) is 11.9 Å². The van der Waals surface area contributed by atoms with Crippen LogP contribution in [-0.4, -0.2) is 4.98 Å². The summed E-state index contributed by atoms with van der Waals surface area (Å²) in [5.74, 6) is 0.662. The van der Waals surface area contributed by atoms with Gasteiger partial charge in [0.05, 0.1) is 0 Å². The minimum atomic E-state index is 0.662. The zero-order valence-corrected chi connectivity index (χ0v) is 11.0. The van der Waals surface area contributed by atoms with E-state index in [0.717, 1.165) is 6.42 Å². The van der Waals surface area contributed by atoms with Crippen molar-refractivity contribution in [1.82, 2.24) is 4.98 Å². The standard InChI is InChI=1S/C15H25N/c1-4-6-7-8-9-13(3)14-10-11-15(5-2)16-12-14/h10-13H,4-9H2,1-3H3. The monoisotopic (exact) mass is 219 g/mol. The Kier molecular flexibility index (Phi) is 6.14. The molecule has 0 amide bonds. The first-order chi connectivity index (χ1) is 7.77. The summed E-state index contributed by atoms with van der Waals surface area (Å²) in [4.78, 5) is 4.46. The second-order valence-corrected chi connectivity index (χ2v) is 4.69. The zero-order chi connectivity index (χ0) is 11.8. The molecule has 90 valence electrons. The number of unbranched alkanes of at least 4 members (excludes halogenated alkanes) is 3. The van der Waals surface area contributed by atoms with Gasteiger partial charge < -0.3 is 0 Å². The maximum Gasteiger partial charge on any atom is 0.0401 e. The number of hydrogen-bond acceptors (Lipinski definition) is 1. The summed E-state index contributed by atoms with van der Waals surface area (Å²) in [5, 5.41) is 0. The van der Waals surface area contributed by atoms with Crippen LogP contribution >= 0.6 is 0 Å². The third-order valence-electron chi connectivity index (χ3n) is 3.27. The van der Waals surface area contributed by atoms with E-state index in [0.29, 0.717) is 5.92 Å². The number of rotatable bonds is 7. The summed E-state index contributed by atoms with van der Waals surface area (Å²) >= 11 is 0. The van der Waals surface area contributed by atoms with E-state index >= 15 is 0 Å². The molecule has 0 N–H and O–H groups in total. The maximum absolute atomic E-state index is 4.46. The van der Waals surface area contributed by atoms with Gasteiger partial charge in [0.15, 0.2) is 0 Å². The Labute approximate surface area is 100 Å². The van der Waals surface area contributed by atoms with Gasteiger partial charge in [0.2, 0.25) is 0 Å². The summed E-state index contributed by atoms with van der Waals surface area (Å²) < 4.78 is 0. The average Bonchev–Trinajstić information content (AvgIpc) is 2.34. The largest absolute Gasteiger partial charge is 0.261 e. The Hall–Kier alpha value is -0.850. The predicted octanol–water partition coefficient (Wildman–Crippen LogP) is 4.72. The average molecular weight is 219 g/mol. The van der Waals surface area contributed by atoms with E-state index < -0.39 is 0 Å². The summed E-state index contributed by atoms with van der Waals surface area (Å²) in [6, 6.07) is 4.41. The Morgan fingerprint density at radius 1 is 1.12 bits per heavy atom. The molecular weight excluding hydrogens is 194 g/mol. The van der Waals surface area contributed by atoms with Crippen LogP contribution in [0.5, 0.6) is 0 Å². The van der Waals surface area contributed by atoms with Crippen molar-refractivity contribution < 1.29 is 0 Å². The zero-order valence-electron chi connectivity index (χ0n) is 11.0. The van der Waals surface area contributed by atoms with Crippen molar-refractivity contribution in [2.45, 2.75) is 65.2 Å². The van der Waals surface area contributed by atoms with Crippen molar-refractivity contribution in [3.63, 3.8) is 0 Å². The van der Waals surface area contributed by atoms with Gasteiger partial charge in [-0.15, -0.1) is 0 Å². The van der Waals surface area contributed by atoms with Crippen molar-refractivity contribution in [2.75, 3.05) is 0 Å². The number of aromatic nitrogens is 1. The summed E-state index contributed by atoms with van der Waals surface area (Å²) in [6.45, 7) is 6.72. The van der Waals surface area contributed by atoms with Gasteiger partial charge in [-0.25, -0.2) is 0 Å². The van der Waals surface area contributed by atoms with Gasteiger partial charge in [0.1, 0.15) is 0 Å².